The molecule has 3 aromatic rings. The highest BCUT2D eigenvalue weighted by molar-refractivity contribution is 7.92. The van der Waals surface area contributed by atoms with Crippen molar-refractivity contribution in [2.45, 2.75) is 12.8 Å². The van der Waals surface area contributed by atoms with E-state index < -0.39 is 21.9 Å². The standard InChI is InChI=1S/C31H32N4O7S/c1-3-42-31(38)22-9-14-25-26(19-22)33-30(37)28(25)29(21-7-5-4-6-8-21)32-23-10-12-24(13-11-23)35(43(2,39)40)20-27(36)34-15-17-41-18-16-34/h4-14,19,28H,3,15-18,20H2,1-2H3,(H,33,37). The lowest BCUT2D eigenvalue weighted by atomic mass is 9.90. The van der Waals surface area contributed by atoms with E-state index in [1.54, 1.807) is 54.3 Å². The van der Waals surface area contributed by atoms with Gasteiger partial charge in [-0.1, -0.05) is 36.4 Å². The third-order valence-electron chi connectivity index (χ3n) is 7.17. The van der Waals surface area contributed by atoms with Crippen LogP contribution in [0.3, 0.4) is 0 Å². The molecule has 2 aliphatic heterocycles. The predicted molar refractivity (Wildman–Crippen MR) is 162 cm³/mol. The second kappa shape index (κ2) is 12.8. The fourth-order valence-electron chi connectivity index (χ4n) is 5.05. The number of fused-ring (bicyclic) bond motifs is 1. The molecule has 0 saturated carbocycles. The first-order chi connectivity index (χ1) is 20.7. The molecule has 2 heterocycles. The number of aliphatic imine (C=N–C) groups is 1. The summed E-state index contributed by atoms with van der Waals surface area (Å²) >= 11 is 0. The van der Waals surface area contributed by atoms with Crippen molar-refractivity contribution in [2.75, 3.05) is 55.3 Å². The summed E-state index contributed by atoms with van der Waals surface area (Å²) in [5, 5.41) is 2.86. The molecule has 1 unspecified atom stereocenters. The van der Waals surface area contributed by atoms with Gasteiger partial charge in [0.1, 0.15) is 12.5 Å². The number of hydrogen-bond acceptors (Lipinski definition) is 8. The Morgan fingerprint density at radius 3 is 2.37 bits per heavy atom. The van der Waals surface area contributed by atoms with Crippen LogP contribution in [0.4, 0.5) is 17.1 Å². The second-order valence-electron chi connectivity index (χ2n) is 10.1. The van der Waals surface area contributed by atoms with Gasteiger partial charge < -0.3 is 19.7 Å². The van der Waals surface area contributed by atoms with Gasteiger partial charge in [-0.2, -0.15) is 0 Å². The zero-order valence-electron chi connectivity index (χ0n) is 23.9. The Kier molecular flexibility index (Phi) is 8.88. The maximum Gasteiger partial charge on any atom is 0.338 e. The van der Waals surface area contributed by atoms with Crippen LogP contribution in [0.25, 0.3) is 0 Å². The fourth-order valence-corrected chi connectivity index (χ4v) is 5.90. The van der Waals surface area contributed by atoms with Crippen LogP contribution in [0.1, 0.15) is 34.3 Å². The van der Waals surface area contributed by atoms with Gasteiger partial charge in [-0.25, -0.2) is 13.2 Å². The van der Waals surface area contributed by atoms with Crippen LogP contribution in [-0.4, -0.2) is 82.5 Å². The smallest absolute Gasteiger partial charge is 0.338 e. The molecule has 1 N–H and O–H groups in total. The first-order valence-electron chi connectivity index (χ1n) is 13.8. The number of amides is 2. The van der Waals surface area contributed by atoms with Gasteiger partial charge >= 0.3 is 5.97 Å². The topological polar surface area (TPSA) is 135 Å². The number of benzene rings is 3. The number of nitrogens with zero attached hydrogens (tertiary/aromatic N) is 3. The molecule has 1 atom stereocenters. The molecule has 0 radical (unpaired) electrons. The Hall–Kier alpha value is -4.55. The van der Waals surface area contributed by atoms with Gasteiger partial charge in [0.05, 0.1) is 48.7 Å². The highest BCUT2D eigenvalue weighted by atomic mass is 32.2. The summed E-state index contributed by atoms with van der Waals surface area (Å²) in [5.74, 6) is -1.83. The van der Waals surface area contributed by atoms with E-state index in [-0.39, 0.29) is 25.0 Å². The molecule has 5 rings (SSSR count). The zero-order chi connectivity index (χ0) is 30.6. The molecule has 1 fully saturated rings. The summed E-state index contributed by atoms with van der Waals surface area (Å²) in [6.07, 6.45) is 1.06. The summed E-state index contributed by atoms with van der Waals surface area (Å²) in [4.78, 5) is 44.8. The normalized spacial score (nSPS) is 16.8. The average Bonchev–Trinajstić information content (AvgIpc) is 3.34. The fraction of sp³-hybridized carbons (Fsp3) is 0.290. The van der Waals surface area contributed by atoms with Crippen LogP contribution in [-0.2, 0) is 29.1 Å². The number of ether oxygens (including phenoxy) is 2. The molecule has 224 valence electrons. The number of carbonyl (C=O) groups is 3. The minimum atomic E-state index is -3.76. The van der Waals surface area contributed by atoms with Crippen molar-refractivity contribution < 1.29 is 32.3 Å². The molecule has 1 saturated heterocycles. The van der Waals surface area contributed by atoms with Crippen LogP contribution in [0.5, 0.6) is 0 Å². The third-order valence-corrected chi connectivity index (χ3v) is 8.31. The first kappa shape index (κ1) is 29.9. The third kappa shape index (κ3) is 6.76. The highest BCUT2D eigenvalue weighted by Crippen LogP contribution is 2.37. The van der Waals surface area contributed by atoms with E-state index in [0.717, 1.165) is 16.1 Å². The number of morpholine rings is 1. The van der Waals surface area contributed by atoms with Crippen molar-refractivity contribution in [1.29, 1.82) is 0 Å². The van der Waals surface area contributed by atoms with Gasteiger partial charge in [0.25, 0.3) is 0 Å². The van der Waals surface area contributed by atoms with Crippen molar-refractivity contribution in [2.24, 2.45) is 4.99 Å². The van der Waals surface area contributed by atoms with Gasteiger partial charge in [-0.05, 0) is 54.4 Å². The number of sulfonamides is 1. The van der Waals surface area contributed by atoms with E-state index in [2.05, 4.69) is 5.32 Å². The first-order valence-corrected chi connectivity index (χ1v) is 15.7. The Labute approximate surface area is 250 Å². The summed E-state index contributed by atoms with van der Waals surface area (Å²) < 4.78 is 36.8. The van der Waals surface area contributed by atoms with E-state index >= 15 is 0 Å². The Balaban J connectivity index is 1.47. The van der Waals surface area contributed by atoms with E-state index in [4.69, 9.17) is 14.5 Å². The SMILES string of the molecule is CCOC(=O)c1ccc2c(c1)NC(=O)C2C(=Nc1ccc(N(CC(=O)N2CCOCC2)S(C)(=O)=O)cc1)c1ccccc1. The van der Waals surface area contributed by atoms with Gasteiger partial charge in [0.15, 0.2) is 0 Å². The molecule has 11 nitrogen and oxygen atoms in total. The summed E-state index contributed by atoms with van der Waals surface area (Å²) in [7, 11) is -3.76. The molecule has 3 aromatic carbocycles. The van der Waals surface area contributed by atoms with Gasteiger partial charge in [0.2, 0.25) is 21.8 Å². The average molecular weight is 605 g/mol. The monoisotopic (exact) mass is 604 g/mol. The minimum Gasteiger partial charge on any atom is -0.462 e. The molecule has 2 amide bonds. The molecule has 0 aliphatic carbocycles. The number of carbonyl (C=O) groups excluding carboxylic acids is 3. The number of nitrogens with one attached hydrogen (secondary N) is 1. The molecule has 43 heavy (non-hydrogen) atoms. The summed E-state index contributed by atoms with van der Waals surface area (Å²) in [5.41, 5.74) is 3.52. The molecule has 0 spiro atoms. The van der Waals surface area contributed by atoms with Crippen molar-refractivity contribution >= 4 is 50.6 Å². The summed E-state index contributed by atoms with van der Waals surface area (Å²) in [6.45, 7) is 3.28. The van der Waals surface area contributed by atoms with Crippen molar-refractivity contribution in [3.8, 4) is 0 Å². The van der Waals surface area contributed by atoms with E-state index in [9.17, 15) is 22.8 Å². The van der Waals surface area contributed by atoms with Gasteiger partial charge in [-0.3, -0.25) is 18.9 Å². The maximum atomic E-state index is 13.3. The quantitative estimate of drug-likeness (QED) is 0.292. The zero-order valence-corrected chi connectivity index (χ0v) is 24.7. The van der Waals surface area contributed by atoms with Crippen molar-refractivity contribution in [3.05, 3.63) is 89.5 Å². The van der Waals surface area contributed by atoms with Crippen LogP contribution < -0.4 is 9.62 Å². The predicted octanol–water partition coefficient (Wildman–Crippen LogP) is 3.34. The minimum absolute atomic E-state index is 0.237. The Bertz CT molecular complexity index is 1650. The highest BCUT2D eigenvalue weighted by Gasteiger charge is 2.36. The molecule has 2 aliphatic rings. The number of esters is 1. The van der Waals surface area contributed by atoms with Crippen LogP contribution >= 0.6 is 0 Å². The Morgan fingerprint density at radius 1 is 1.02 bits per heavy atom. The number of rotatable bonds is 9. The van der Waals surface area contributed by atoms with Crippen LogP contribution in [0, 0.1) is 0 Å². The maximum absolute atomic E-state index is 13.3. The lowest BCUT2D eigenvalue weighted by Crippen LogP contribution is -2.47. The molecular formula is C31H32N4O7S. The van der Waals surface area contributed by atoms with E-state index in [1.165, 1.54) is 0 Å². The summed E-state index contributed by atoms with van der Waals surface area (Å²) in [6, 6.07) is 20.7. The van der Waals surface area contributed by atoms with Crippen molar-refractivity contribution in [1.82, 2.24) is 4.90 Å². The van der Waals surface area contributed by atoms with Crippen LogP contribution in [0.2, 0.25) is 0 Å². The molecule has 12 heteroatoms. The Morgan fingerprint density at radius 2 is 1.72 bits per heavy atom. The van der Waals surface area contributed by atoms with E-state index in [0.29, 0.717) is 60.2 Å². The van der Waals surface area contributed by atoms with Crippen molar-refractivity contribution in [3.63, 3.8) is 0 Å². The van der Waals surface area contributed by atoms with E-state index in [1.807, 2.05) is 30.3 Å². The second-order valence-corrected chi connectivity index (χ2v) is 12.0. The molecular weight excluding hydrogens is 572 g/mol. The lowest BCUT2D eigenvalue weighted by molar-refractivity contribution is -0.133. The number of anilines is 2. The molecule has 0 bridgehead atoms. The van der Waals surface area contributed by atoms with Crippen LogP contribution in [0.15, 0.2) is 77.8 Å². The van der Waals surface area contributed by atoms with Gasteiger partial charge in [0, 0.05) is 18.8 Å². The number of hydrogen-bond donors (Lipinski definition) is 1. The largest absolute Gasteiger partial charge is 0.462 e. The molecule has 0 aromatic heterocycles. The van der Waals surface area contributed by atoms with Gasteiger partial charge in [-0.15, -0.1) is 0 Å². The lowest BCUT2D eigenvalue weighted by Gasteiger charge is -2.30.